The van der Waals surface area contributed by atoms with Crippen LogP contribution >= 0.6 is 0 Å². The van der Waals surface area contributed by atoms with Crippen molar-refractivity contribution in [2.75, 3.05) is 0 Å². The third-order valence-electron chi connectivity index (χ3n) is 2.78. The van der Waals surface area contributed by atoms with E-state index in [4.69, 9.17) is 0 Å². The smallest absolute Gasteiger partial charge is 0.155 e. The van der Waals surface area contributed by atoms with E-state index in [9.17, 15) is 0 Å². The van der Waals surface area contributed by atoms with Crippen LogP contribution in [0.3, 0.4) is 0 Å². The molecule has 0 aliphatic heterocycles. The minimum Gasteiger partial charge on any atom is -0.261 e. The Morgan fingerprint density at radius 1 is 1.38 bits per heavy atom. The quantitative estimate of drug-likeness (QED) is 0.715. The molecule has 1 aliphatic rings. The third kappa shape index (κ3) is 1.03. The fourth-order valence-corrected chi connectivity index (χ4v) is 1.72. The summed E-state index contributed by atoms with van der Waals surface area (Å²) >= 11 is 0. The van der Waals surface area contributed by atoms with Crippen LogP contribution in [0.5, 0.6) is 0 Å². The van der Waals surface area contributed by atoms with Crippen LogP contribution in [0, 0.1) is 6.07 Å². The lowest BCUT2D eigenvalue weighted by molar-refractivity contribution is 0.419. The number of pyridine rings is 1. The highest BCUT2D eigenvalue weighted by Gasteiger charge is 2.20. The maximum Gasteiger partial charge on any atom is 0.155 e. The van der Waals surface area contributed by atoms with Gasteiger partial charge in [0.2, 0.25) is 0 Å². The summed E-state index contributed by atoms with van der Waals surface area (Å²) in [6, 6.07) is 3.35. The summed E-state index contributed by atoms with van der Waals surface area (Å²) < 4.78 is 0. The van der Waals surface area contributed by atoms with Gasteiger partial charge in [0, 0.05) is 17.6 Å². The molecule has 0 spiro atoms. The predicted molar refractivity (Wildman–Crippen MR) is 49.3 cm³/mol. The summed E-state index contributed by atoms with van der Waals surface area (Å²) in [7, 11) is 0. The highest BCUT2D eigenvalue weighted by atomic mass is 15.1. The van der Waals surface area contributed by atoms with Crippen molar-refractivity contribution < 1.29 is 0 Å². The van der Waals surface area contributed by atoms with Crippen LogP contribution in [0.4, 0.5) is 0 Å². The van der Waals surface area contributed by atoms with Crippen LogP contribution in [0.2, 0.25) is 0 Å². The van der Waals surface area contributed by atoms with Crippen molar-refractivity contribution in [2.24, 2.45) is 0 Å². The van der Waals surface area contributed by atoms with Gasteiger partial charge in [0.05, 0.1) is 6.20 Å². The molecule has 0 atom stereocenters. The van der Waals surface area contributed by atoms with Gasteiger partial charge in [-0.1, -0.05) is 6.42 Å². The summed E-state index contributed by atoms with van der Waals surface area (Å²) in [5.74, 6) is 0.701. The molecule has 1 saturated carbocycles. The molecule has 0 bridgehead atoms. The maximum atomic E-state index is 4.29. The average Bonchev–Trinajstić information content (AvgIpc) is 2.47. The lowest BCUT2D eigenvalue weighted by Gasteiger charge is -2.24. The van der Waals surface area contributed by atoms with Crippen LogP contribution in [0.15, 0.2) is 12.4 Å². The molecule has 0 amide bonds. The molecule has 0 aromatic carbocycles. The largest absolute Gasteiger partial charge is 0.261 e. The zero-order valence-corrected chi connectivity index (χ0v) is 7.25. The fourth-order valence-electron chi connectivity index (χ4n) is 1.72. The van der Waals surface area contributed by atoms with Gasteiger partial charge in [-0.25, -0.2) is 4.98 Å². The fraction of sp³-hybridized carbons (Fsp3) is 0.400. The van der Waals surface area contributed by atoms with Crippen molar-refractivity contribution in [1.82, 2.24) is 15.2 Å². The summed E-state index contributed by atoms with van der Waals surface area (Å²) in [4.78, 5) is 4.29. The second-order valence-electron chi connectivity index (χ2n) is 3.60. The topological polar surface area (TPSA) is 41.6 Å². The number of aromatic nitrogens is 3. The highest BCUT2D eigenvalue weighted by molar-refractivity contribution is 5.73. The van der Waals surface area contributed by atoms with Crippen LogP contribution in [-0.2, 0) is 0 Å². The Hall–Kier alpha value is -1.38. The van der Waals surface area contributed by atoms with Crippen molar-refractivity contribution in [1.29, 1.82) is 0 Å². The van der Waals surface area contributed by atoms with E-state index < -0.39 is 0 Å². The maximum absolute atomic E-state index is 4.29. The number of hydrogen-bond donors (Lipinski definition) is 1. The Bertz CT molecular complexity index is 428. The van der Waals surface area contributed by atoms with Crippen molar-refractivity contribution in [3.63, 3.8) is 0 Å². The van der Waals surface area contributed by atoms with Crippen molar-refractivity contribution in [3.8, 4) is 0 Å². The van der Waals surface area contributed by atoms with Gasteiger partial charge < -0.3 is 0 Å². The first-order chi connectivity index (χ1) is 6.43. The molecular weight excluding hydrogens is 162 g/mol. The van der Waals surface area contributed by atoms with E-state index in [-0.39, 0.29) is 0 Å². The van der Waals surface area contributed by atoms with E-state index in [1.165, 1.54) is 24.8 Å². The molecule has 1 fully saturated rings. The Labute approximate surface area is 76.2 Å². The molecule has 13 heavy (non-hydrogen) atoms. The lowest BCUT2D eigenvalue weighted by atomic mass is 9.80. The normalized spacial score (nSPS) is 17.5. The minimum atomic E-state index is 0.701. The molecule has 2 aromatic heterocycles. The van der Waals surface area contributed by atoms with E-state index in [0.717, 1.165) is 11.0 Å². The van der Waals surface area contributed by atoms with Crippen molar-refractivity contribution in [3.05, 3.63) is 24.0 Å². The summed E-state index contributed by atoms with van der Waals surface area (Å²) in [6.45, 7) is 0. The van der Waals surface area contributed by atoms with Crippen molar-refractivity contribution >= 4 is 11.0 Å². The minimum absolute atomic E-state index is 0.701. The van der Waals surface area contributed by atoms with Gasteiger partial charge in [-0.3, -0.25) is 5.10 Å². The Kier molecular flexibility index (Phi) is 1.39. The number of nitrogens with one attached hydrogen (secondary N) is 1. The molecule has 3 rings (SSSR count). The average molecular weight is 172 g/mol. The molecule has 1 radical (unpaired) electrons. The van der Waals surface area contributed by atoms with Crippen LogP contribution < -0.4 is 0 Å². The van der Waals surface area contributed by atoms with Gasteiger partial charge >= 0.3 is 0 Å². The van der Waals surface area contributed by atoms with E-state index in [2.05, 4.69) is 21.2 Å². The number of H-pyrrole nitrogens is 1. The first-order valence-corrected chi connectivity index (χ1v) is 4.65. The van der Waals surface area contributed by atoms with E-state index >= 15 is 0 Å². The summed E-state index contributed by atoms with van der Waals surface area (Å²) in [5, 5.41) is 7.76. The van der Waals surface area contributed by atoms with Crippen LogP contribution in [0.1, 0.15) is 30.7 Å². The molecule has 65 valence electrons. The van der Waals surface area contributed by atoms with E-state index in [1.807, 2.05) is 6.20 Å². The number of aromatic amines is 1. The molecular formula is C10H10N3. The number of fused-ring (bicyclic) bond motifs is 1. The van der Waals surface area contributed by atoms with Gasteiger partial charge in [-0.2, -0.15) is 5.10 Å². The van der Waals surface area contributed by atoms with Gasteiger partial charge in [0.15, 0.2) is 5.65 Å². The Morgan fingerprint density at radius 2 is 2.31 bits per heavy atom. The first kappa shape index (κ1) is 7.06. The number of nitrogens with zero attached hydrogens (tertiary/aromatic N) is 2. The second kappa shape index (κ2) is 2.55. The highest BCUT2D eigenvalue weighted by Crippen LogP contribution is 2.36. The summed E-state index contributed by atoms with van der Waals surface area (Å²) in [6.07, 6.45) is 7.64. The zero-order valence-electron chi connectivity index (χ0n) is 7.25. The third-order valence-corrected chi connectivity index (χ3v) is 2.78. The van der Waals surface area contributed by atoms with E-state index in [0.29, 0.717) is 5.92 Å². The standard InChI is InChI=1S/C10H10N3/c1-2-7(3-1)8-4-9-6-12-13-10(9)11-5-8/h5-7H,1-3H2,(H,11,12,13). The lowest BCUT2D eigenvalue weighted by Crippen LogP contribution is -2.08. The van der Waals surface area contributed by atoms with Gasteiger partial charge in [-0.15, -0.1) is 0 Å². The molecule has 1 aliphatic carbocycles. The van der Waals surface area contributed by atoms with Gasteiger partial charge in [-0.05, 0) is 24.3 Å². The predicted octanol–water partition coefficient (Wildman–Crippen LogP) is 2.03. The molecule has 3 nitrogen and oxygen atoms in total. The second-order valence-corrected chi connectivity index (χ2v) is 3.60. The monoisotopic (exact) mass is 172 g/mol. The van der Waals surface area contributed by atoms with Crippen molar-refractivity contribution in [2.45, 2.75) is 25.2 Å². The number of hydrogen-bond acceptors (Lipinski definition) is 2. The molecule has 1 N–H and O–H groups in total. The van der Waals surface area contributed by atoms with E-state index in [1.54, 1.807) is 6.20 Å². The Morgan fingerprint density at radius 3 is 3.08 bits per heavy atom. The molecule has 0 unspecified atom stereocenters. The number of rotatable bonds is 1. The molecule has 2 heterocycles. The summed E-state index contributed by atoms with van der Waals surface area (Å²) in [5.41, 5.74) is 2.09. The van der Waals surface area contributed by atoms with Gasteiger partial charge in [0.1, 0.15) is 0 Å². The molecule has 3 heteroatoms. The van der Waals surface area contributed by atoms with Crippen LogP contribution in [-0.4, -0.2) is 15.2 Å². The van der Waals surface area contributed by atoms with Crippen LogP contribution in [0.25, 0.3) is 11.0 Å². The SMILES string of the molecule is [c]1c(C2CCC2)cnc2[nH]ncc12. The molecule has 0 saturated heterocycles. The van der Waals surface area contributed by atoms with Gasteiger partial charge in [0.25, 0.3) is 0 Å². The molecule has 2 aromatic rings. The Balaban J connectivity index is 2.09. The first-order valence-electron chi connectivity index (χ1n) is 4.65. The zero-order chi connectivity index (χ0) is 8.67.